The van der Waals surface area contributed by atoms with Gasteiger partial charge in [-0.2, -0.15) is 0 Å². The molecule has 4 N–H and O–H groups in total. The largest absolute Gasteiger partial charge is 0.459 e. The smallest absolute Gasteiger partial charge is 0.270 e. The molecule has 1 fully saturated rings. The lowest BCUT2D eigenvalue weighted by Crippen LogP contribution is -2.60. The van der Waals surface area contributed by atoms with Gasteiger partial charge in [0.15, 0.2) is 11.6 Å². The molecule has 0 amide bonds. The summed E-state index contributed by atoms with van der Waals surface area (Å²) in [5.41, 5.74) is 0.995. The van der Waals surface area contributed by atoms with Crippen LogP contribution in [-0.2, 0) is 4.74 Å². The van der Waals surface area contributed by atoms with Gasteiger partial charge in [0.1, 0.15) is 24.4 Å². The van der Waals surface area contributed by atoms with Gasteiger partial charge >= 0.3 is 0 Å². The van der Waals surface area contributed by atoms with Crippen molar-refractivity contribution in [3.05, 3.63) is 64.6 Å². The van der Waals surface area contributed by atoms with E-state index in [2.05, 4.69) is 0 Å². The number of benzene rings is 2. The van der Waals surface area contributed by atoms with E-state index in [-0.39, 0.29) is 11.4 Å². The SMILES string of the molecule is O=[N+]([O-])c1ccc2c(ccn2-c2ccc(O[C@H]3O[C@H](CO)[C@@H](O)[C@H](O)[C@@H]3O)c(F)c2)c1. The van der Waals surface area contributed by atoms with Crippen LogP contribution in [0.3, 0.4) is 0 Å². The molecule has 1 saturated heterocycles. The highest BCUT2D eigenvalue weighted by molar-refractivity contribution is 5.84. The van der Waals surface area contributed by atoms with Crippen molar-refractivity contribution in [3.8, 4) is 11.4 Å². The van der Waals surface area contributed by atoms with Crippen molar-refractivity contribution in [2.45, 2.75) is 30.7 Å². The summed E-state index contributed by atoms with van der Waals surface area (Å²) in [5.74, 6) is -1.07. The summed E-state index contributed by atoms with van der Waals surface area (Å²) in [6.07, 6.45) is -5.91. The van der Waals surface area contributed by atoms with Crippen LogP contribution < -0.4 is 4.74 Å². The number of aromatic nitrogens is 1. The first kappa shape index (κ1) is 21.2. The number of non-ortho nitro benzene ring substituents is 1. The Bertz CT molecular complexity index is 1120. The molecule has 2 aromatic carbocycles. The number of rotatable bonds is 5. The minimum atomic E-state index is -1.67. The van der Waals surface area contributed by atoms with Crippen LogP contribution in [0.15, 0.2) is 48.7 Å². The Hall–Kier alpha value is -3.09. The number of hydrogen-bond acceptors (Lipinski definition) is 8. The first-order valence-electron chi connectivity index (χ1n) is 9.32. The predicted molar refractivity (Wildman–Crippen MR) is 104 cm³/mol. The summed E-state index contributed by atoms with van der Waals surface area (Å²) in [5, 5.41) is 50.5. The molecule has 5 atom stereocenters. The second-order valence-corrected chi connectivity index (χ2v) is 7.12. The molecule has 10 nitrogen and oxygen atoms in total. The minimum absolute atomic E-state index is 0.0558. The summed E-state index contributed by atoms with van der Waals surface area (Å²) in [6, 6.07) is 9.99. The van der Waals surface area contributed by atoms with Gasteiger partial charge in [-0.1, -0.05) is 0 Å². The van der Waals surface area contributed by atoms with Crippen molar-refractivity contribution in [2.75, 3.05) is 6.61 Å². The molecule has 0 aliphatic carbocycles. The first-order valence-corrected chi connectivity index (χ1v) is 9.32. The Morgan fingerprint density at radius 2 is 1.87 bits per heavy atom. The third kappa shape index (κ3) is 3.84. The average Bonchev–Trinajstić information content (AvgIpc) is 3.18. The van der Waals surface area contributed by atoms with Crippen LogP contribution in [0.5, 0.6) is 5.75 Å². The molecule has 164 valence electrons. The van der Waals surface area contributed by atoms with Crippen molar-refractivity contribution in [2.24, 2.45) is 0 Å². The molecule has 1 aliphatic heterocycles. The number of halogens is 1. The Kier molecular flexibility index (Phi) is 5.60. The molecule has 0 spiro atoms. The topological polar surface area (TPSA) is 147 Å². The third-order valence-electron chi connectivity index (χ3n) is 5.17. The normalized spacial score (nSPS) is 26.2. The molecule has 0 saturated carbocycles. The number of hydrogen-bond donors (Lipinski definition) is 4. The highest BCUT2D eigenvalue weighted by Crippen LogP contribution is 2.29. The van der Waals surface area contributed by atoms with E-state index in [4.69, 9.17) is 9.47 Å². The standard InChI is InChI=1S/C20H19FN2O8/c21-13-8-11(22-6-5-10-7-12(23(28)29)1-3-14(10)22)2-4-15(13)30-20-19(27)18(26)17(25)16(9-24)31-20/h1-8,16-20,24-27H,9H2/t16-,17-,18+,19+,20+/m1/s1. The molecule has 0 unspecified atom stereocenters. The van der Waals surface area contributed by atoms with Gasteiger partial charge in [-0.25, -0.2) is 4.39 Å². The maximum absolute atomic E-state index is 14.7. The molecule has 4 rings (SSSR count). The van der Waals surface area contributed by atoms with E-state index in [1.165, 1.54) is 30.3 Å². The van der Waals surface area contributed by atoms with Crippen LogP contribution in [0.4, 0.5) is 10.1 Å². The molecular formula is C20H19FN2O8. The summed E-state index contributed by atoms with van der Waals surface area (Å²) in [4.78, 5) is 10.4. The highest BCUT2D eigenvalue weighted by Gasteiger charge is 2.44. The van der Waals surface area contributed by atoms with Crippen LogP contribution in [0.2, 0.25) is 0 Å². The van der Waals surface area contributed by atoms with Gasteiger partial charge in [0.2, 0.25) is 6.29 Å². The fourth-order valence-corrected chi connectivity index (χ4v) is 3.49. The number of aliphatic hydroxyl groups excluding tert-OH is 4. The number of nitro groups is 1. The highest BCUT2D eigenvalue weighted by atomic mass is 19.1. The molecule has 1 aromatic heterocycles. The maximum Gasteiger partial charge on any atom is 0.270 e. The van der Waals surface area contributed by atoms with Crippen LogP contribution in [0.1, 0.15) is 0 Å². The van der Waals surface area contributed by atoms with Gasteiger partial charge in [0.25, 0.3) is 5.69 Å². The summed E-state index contributed by atoms with van der Waals surface area (Å²) in [6.45, 7) is -0.634. The van der Waals surface area contributed by atoms with Crippen LogP contribution in [0.25, 0.3) is 16.6 Å². The molecule has 1 aliphatic rings. The second-order valence-electron chi connectivity index (χ2n) is 7.12. The van der Waals surface area contributed by atoms with E-state index in [0.29, 0.717) is 16.6 Å². The molecule has 31 heavy (non-hydrogen) atoms. The summed E-state index contributed by atoms with van der Waals surface area (Å²) >= 11 is 0. The molecule has 3 aromatic rings. The Morgan fingerprint density at radius 3 is 2.55 bits per heavy atom. The average molecular weight is 434 g/mol. The Morgan fingerprint density at radius 1 is 1.10 bits per heavy atom. The quantitative estimate of drug-likeness (QED) is 0.341. The van der Waals surface area contributed by atoms with Gasteiger partial charge in [0.05, 0.1) is 17.0 Å². The first-order chi connectivity index (χ1) is 14.8. The Labute approximate surface area is 174 Å². The fourth-order valence-electron chi connectivity index (χ4n) is 3.49. The van der Waals surface area contributed by atoms with Gasteiger partial charge in [-0.3, -0.25) is 10.1 Å². The van der Waals surface area contributed by atoms with E-state index in [1.54, 1.807) is 22.9 Å². The van der Waals surface area contributed by atoms with Crippen molar-refractivity contribution in [3.63, 3.8) is 0 Å². The van der Waals surface area contributed by atoms with Gasteiger partial charge in [0, 0.05) is 35.5 Å². The lowest BCUT2D eigenvalue weighted by molar-refractivity contribution is -0.384. The Balaban J connectivity index is 1.59. The zero-order chi connectivity index (χ0) is 22.3. The molecular weight excluding hydrogens is 415 g/mol. The van der Waals surface area contributed by atoms with Gasteiger partial charge in [-0.05, 0) is 24.3 Å². The predicted octanol–water partition coefficient (Wildman–Crippen LogP) is 0.856. The van der Waals surface area contributed by atoms with Crippen molar-refractivity contribution in [1.29, 1.82) is 0 Å². The number of fused-ring (bicyclic) bond motifs is 1. The molecule has 11 heteroatoms. The van der Waals surface area contributed by atoms with E-state index >= 15 is 0 Å². The van der Waals surface area contributed by atoms with Crippen molar-refractivity contribution in [1.82, 2.24) is 4.57 Å². The van der Waals surface area contributed by atoms with Crippen molar-refractivity contribution >= 4 is 16.6 Å². The van der Waals surface area contributed by atoms with Crippen molar-refractivity contribution < 1.29 is 39.2 Å². The van der Waals surface area contributed by atoms with E-state index in [1.807, 2.05) is 0 Å². The number of nitrogens with zero attached hydrogens (tertiary/aromatic N) is 2. The number of ether oxygens (including phenoxy) is 2. The van der Waals surface area contributed by atoms with Crippen LogP contribution >= 0.6 is 0 Å². The van der Waals surface area contributed by atoms with Crippen LogP contribution in [0, 0.1) is 15.9 Å². The summed E-state index contributed by atoms with van der Waals surface area (Å²) in [7, 11) is 0. The van der Waals surface area contributed by atoms with E-state index < -0.39 is 48.1 Å². The lowest BCUT2D eigenvalue weighted by Gasteiger charge is -2.39. The van der Waals surface area contributed by atoms with Crippen LogP contribution in [-0.4, -0.2) is 67.2 Å². The zero-order valence-electron chi connectivity index (χ0n) is 15.9. The lowest BCUT2D eigenvalue weighted by atomic mass is 9.99. The zero-order valence-corrected chi connectivity index (χ0v) is 15.9. The molecule has 0 radical (unpaired) electrons. The van der Waals surface area contributed by atoms with Gasteiger partial charge in [-0.15, -0.1) is 0 Å². The second kappa shape index (κ2) is 8.21. The minimum Gasteiger partial charge on any atom is -0.459 e. The fraction of sp³-hybridized carbons (Fsp3) is 0.300. The third-order valence-corrected chi connectivity index (χ3v) is 5.17. The summed E-state index contributed by atoms with van der Waals surface area (Å²) < 4.78 is 26.9. The number of aliphatic hydroxyl groups is 4. The monoisotopic (exact) mass is 434 g/mol. The molecule has 2 heterocycles. The van der Waals surface area contributed by atoms with E-state index in [9.17, 15) is 34.9 Å². The number of nitro benzene ring substituents is 1. The maximum atomic E-state index is 14.7. The molecule has 0 bridgehead atoms. The van der Waals surface area contributed by atoms with Gasteiger partial charge < -0.3 is 34.5 Å². The van der Waals surface area contributed by atoms with E-state index in [0.717, 1.165) is 0 Å².